The second-order valence-electron chi connectivity index (χ2n) is 6.10. The average molecular weight is 265 g/mol. The second kappa shape index (κ2) is 6.63. The van der Waals surface area contributed by atoms with E-state index in [1.165, 1.54) is 11.1 Å². The molecule has 102 valence electrons. The summed E-state index contributed by atoms with van der Waals surface area (Å²) in [7, 11) is 0. The maximum absolute atomic E-state index is 6.28. The minimum Gasteiger partial charge on any atom is -0.327 e. The summed E-state index contributed by atoms with van der Waals surface area (Å²) in [5.74, 6) is 1.06. The van der Waals surface area contributed by atoms with Crippen molar-refractivity contribution in [2.75, 3.05) is 0 Å². The summed E-state index contributed by atoms with van der Waals surface area (Å²) in [5.41, 5.74) is 9.35. The van der Waals surface area contributed by atoms with Crippen LogP contribution in [0.3, 0.4) is 0 Å². The SMILES string of the molecule is CCC(N)C(SCc1ccccc1C)C(C)(C)C. The number of hydrogen-bond donors (Lipinski definition) is 1. The van der Waals surface area contributed by atoms with Crippen molar-refractivity contribution in [2.45, 2.75) is 58.1 Å². The van der Waals surface area contributed by atoms with Crippen LogP contribution in [-0.4, -0.2) is 11.3 Å². The lowest BCUT2D eigenvalue weighted by Gasteiger charge is -2.34. The molecule has 0 aliphatic carbocycles. The van der Waals surface area contributed by atoms with E-state index in [-0.39, 0.29) is 11.5 Å². The molecule has 0 aliphatic rings. The molecule has 0 spiro atoms. The van der Waals surface area contributed by atoms with Gasteiger partial charge in [-0.15, -0.1) is 0 Å². The van der Waals surface area contributed by atoms with E-state index >= 15 is 0 Å². The Bertz CT molecular complexity index is 368. The van der Waals surface area contributed by atoms with E-state index in [2.05, 4.69) is 58.9 Å². The fourth-order valence-corrected chi connectivity index (χ4v) is 3.80. The zero-order valence-corrected chi connectivity index (χ0v) is 13.2. The summed E-state index contributed by atoms with van der Waals surface area (Å²) >= 11 is 2.00. The molecule has 18 heavy (non-hydrogen) atoms. The van der Waals surface area contributed by atoms with Gasteiger partial charge < -0.3 is 5.73 Å². The summed E-state index contributed by atoms with van der Waals surface area (Å²) in [5, 5.41) is 0.502. The summed E-state index contributed by atoms with van der Waals surface area (Å²) in [6, 6.07) is 8.90. The Labute approximate surface area is 117 Å². The van der Waals surface area contributed by atoms with E-state index in [0.717, 1.165) is 12.2 Å². The topological polar surface area (TPSA) is 26.0 Å². The molecular formula is C16H27NS. The summed E-state index contributed by atoms with van der Waals surface area (Å²) in [6.45, 7) is 11.2. The molecule has 2 N–H and O–H groups in total. The first-order chi connectivity index (χ1) is 8.36. The van der Waals surface area contributed by atoms with Crippen LogP contribution in [0.1, 0.15) is 45.2 Å². The van der Waals surface area contributed by atoms with E-state index in [0.29, 0.717) is 5.25 Å². The van der Waals surface area contributed by atoms with Gasteiger partial charge in [-0.05, 0) is 29.9 Å². The molecule has 0 fully saturated rings. The molecule has 0 heterocycles. The maximum atomic E-state index is 6.28. The number of thioether (sulfide) groups is 1. The molecule has 0 aromatic heterocycles. The highest BCUT2D eigenvalue weighted by Crippen LogP contribution is 2.35. The quantitative estimate of drug-likeness (QED) is 0.855. The number of rotatable bonds is 5. The normalized spacial score (nSPS) is 15.4. The molecule has 2 heteroatoms. The first kappa shape index (κ1) is 15.6. The third kappa shape index (κ3) is 4.33. The molecular weight excluding hydrogens is 238 g/mol. The zero-order chi connectivity index (χ0) is 13.8. The van der Waals surface area contributed by atoms with Crippen LogP contribution in [0.25, 0.3) is 0 Å². The Kier molecular flexibility index (Phi) is 5.74. The average Bonchev–Trinajstić information content (AvgIpc) is 2.29. The largest absolute Gasteiger partial charge is 0.327 e. The molecule has 2 atom stereocenters. The van der Waals surface area contributed by atoms with Crippen LogP contribution in [0, 0.1) is 12.3 Å². The first-order valence-electron chi connectivity index (χ1n) is 6.78. The maximum Gasteiger partial charge on any atom is 0.0250 e. The molecule has 0 bridgehead atoms. The van der Waals surface area contributed by atoms with Crippen molar-refractivity contribution in [3.05, 3.63) is 35.4 Å². The van der Waals surface area contributed by atoms with Crippen LogP contribution in [-0.2, 0) is 5.75 Å². The van der Waals surface area contributed by atoms with Crippen molar-refractivity contribution >= 4 is 11.8 Å². The Morgan fingerprint density at radius 1 is 1.22 bits per heavy atom. The minimum atomic E-state index is 0.253. The number of aryl methyl sites for hydroxylation is 1. The van der Waals surface area contributed by atoms with Crippen LogP contribution in [0.4, 0.5) is 0 Å². The van der Waals surface area contributed by atoms with Gasteiger partial charge in [0.05, 0.1) is 0 Å². The van der Waals surface area contributed by atoms with Gasteiger partial charge in [-0.25, -0.2) is 0 Å². The van der Waals surface area contributed by atoms with E-state index in [4.69, 9.17) is 5.73 Å². The van der Waals surface area contributed by atoms with Crippen molar-refractivity contribution in [1.82, 2.24) is 0 Å². The van der Waals surface area contributed by atoms with E-state index in [9.17, 15) is 0 Å². The lowest BCUT2D eigenvalue weighted by Crippen LogP contribution is -2.40. The van der Waals surface area contributed by atoms with E-state index < -0.39 is 0 Å². The second-order valence-corrected chi connectivity index (χ2v) is 7.23. The summed E-state index contributed by atoms with van der Waals surface area (Å²) < 4.78 is 0. The Morgan fingerprint density at radius 2 is 1.83 bits per heavy atom. The zero-order valence-electron chi connectivity index (χ0n) is 12.4. The first-order valence-corrected chi connectivity index (χ1v) is 7.82. The molecule has 0 radical (unpaired) electrons. The van der Waals surface area contributed by atoms with Gasteiger partial charge in [-0.2, -0.15) is 11.8 Å². The van der Waals surface area contributed by atoms with Crippen molar-refractivity contribution in [1.29, 1.82) is 0 Å². The van der Waals surface area contributed by atoms with Crippen molar-refractivity contribution in [3.8, 4) is 0 Å². The monoisotopic (exact) mass is 265 g/mol. The third-order valence-electron chi connectivity index (χ3n) is 3.39. The molecule has 0 amide bonds. The van der Waals surface area contributed by atoms with E-state index in [1.807, 2.05) is 11.8 Å². The summed E-state index contributed by atoms with van der Waals surface area (Å²) in [6.07, 6.45) is 1.04. The van der Waals surface area contributed by atoms with Crippen LogP contribution in [0.2, 0.25) is 0 Å². The fourth-order valence-electron chi connectivity index (χ4n) is 2.18. The standard InChI is InChI=1S/C16H27NS/c1-6-14(17)15(16(3,4)5)18-11-13-10-8-7-9-12(13)2/h7-10,14-15H,6,11,17H2,1-5H3. The molecule has 0 saturated heterocycles. The van der Waals surface area contributed by atoms with Crippen LogP contribution in [0.15, 0.2) is 24.3 Å². The Balaban J connectivity index is 2.72. The van der Waals surface area contributed by atoms with Gasteiger partial charge in [0.25, 0.3) is 0 Å². The molecule has 1 rings (SSSR count). The molecule has 0 saturated carbocycles. The van der Waals surface area contributed by atoms with Gasteiger partial charge in [0.1, 0.15) is 0 Å². The Hall–Kier alpha value is -0.470. The van der Waals surface area contributed by atoms with Gasteiger partial charge >= 0.3 is 0 Å². The molecule has 1 aromatic rings. The van der Waals surface area contributed by atoms with Gasteiger partial charge in [-0.3, -0.25) is 0 Å². The predicted molar refractivity (Wildman–Crippen MR) is 84.0 cm³/mol. The Morgan fingerprint density at radius 3 is 2.33 bits per heavy atom. The third-order valence-corrected chi connectivity index (χ3v) is 5.29. The van der Waals surface area contributed by atoms with E-state index in [1.54, 1.807) is 0 Å². The smallest absolute Gasteiger partial charge is 0.0250 e. The van der Waals surface area contributed by atoms with Gasteiger partial charge in [0, 0.05) is 17.0 Å². The lowest BCUT2D eigenvalue weighted by atomic mass is 9.87. The molecule has 0 aliphatic heterocycles. The van der Waals surface area contributed by atoms with Gasteiger partial charge in [0.15, 0.2) is 0 Å². The lowest BCUT2D eigenvalue weighted by molar-refractivity contribution is 0.350. The number of nitrogens with two attached hydrogens (primary N) is 1. The van der Waals surface area contributed by atoms with Crippen LogP contribution in [0.5, 0.6) is 0 Å². The highest BCUT2D eigenvalue weighted by molar-refractivity contribution is 7.99. The molecule has 2 unspecified atom stereocenters. The van der Waals surface area contributed by atoms with Crippen molar-refractivity contribution < 1.29 is 0 Å². The highest BCUT2D eigenvalue weighted by atomic mass is 32.2. The fraction of sp³-hybridized carbons (Fsp3) is 0.625. The van der Waals surface area contributed by atoms with Gasteiger partial charge in [-0.1, -0.05) is 52.0 Å². The van der Waals surface area contributed by atoms with Crippen LogP contribution < -0.4 is 5.73 Å². The minimum absolute atomic E-state index is 0.253. The molecule has 1 aromatic carbocycles. The highest BCUT2D eigenvalue weighted by Gasteiger charge is 2.29. The predicted octanol–water partition coefficient (Wildman–Crippen LogP) is 4.38. The van der Waals surface area contributed by atoms with Crippen LogP contribution >= 0.6 is 11.8 Å². The van der Waals surface area contributed by atoms with Crippen molar-refractivity contribution in [3.63, 3.8) is 0 Å². The van der Waals surface area contributed by atoms with Gasteiger partial charge in [0.2, 0.25) is 0 Å². The molecule has 1 nitrogen and oxygen atoms in total. The van der Waals surface area contributed by atoms with Crippen molar-refractivity contribution in [2.24, 2.45) is 11.1 Å². The number of hydrogen-bond acceptors (Lipinski definition) is 2. The summed E-state index contributed by atoms with van der Waals surface area (Å²) in [4.78, 5) is 0. The number of benzene rings is 1.